The Labute approximate surface area is 115 Å². The number of rotatable bonds is 6. The van der Waals surface area contributed by atoms with E-state index in [1.807, 2.05) is 6.92 Å². The quantitative estimate of drug-likeness (QED) is 0.660. The van der Waals surface area contributed by atoms with E-state index in [-0.39, 0.29) is 30.1 Å². The molecule has 2 amide bonds. The topological polar surface area (TPSA) is 70.2 Å². The molecule has 1 rings (SSSR count). The van der Waals surface area contributed by atoms with E-state index in [0.717, 1.165) is 32.4 Å². The van der Waals surface area contributed by atoms with Crippen LogP contribution in [-0.2, 0) is 9.59 Å². The summed E-state index contributed by atoms with van der Waals surface area (Å²) in [4.78, 5) is 23.0. The van der Waals surface area contributed by atoms with Crippen LogP contribution in [-0.4, -0.2) is 38.0 Å². The number of carbonyl (C=O) groups is 2. The van der Waals surface area contributed by atoms with Crippen molar-refractivity contribution in [2.75, 3.05) is 26.2 Å². The molecule has 1 aliphatic heterocycles. The van der Waals surface area contributed by atoms with Crippen molar-refractivity contribution in [2.24, 2.45) is 5.92 Å². The van der Waals surface area contributed by atoms with E-state index in [1.165, 1.54) is 0 Å². The number of carbonyl (C=O) groups excluding carboxylic acids is 2. The molecule has 0 bridgehead atoms. The molecule has 6 heteroatoms. The fourth-order valence-electron chi connectivity index (χ4n) is 1.88. The van der Waals surface area contributed by atoms with Crippen LogP contribution in [0.15, 0.2) is 0 Å². The van der Waals surface area contributed by atoms with Gasteiger partial charge in [-0.3, -0.25) is 9.59 Å². The number of hydrogen-bond acceptors (Lipinski definition) is 3. The highest BCUT2D eigenvalue weighted by Gasteiger charge is 2.20. The average Bonchev–Trinajstić information content (AvgIpc) is 2.37. The van der Waals surface area contributed by atoms with E-state index in [4.69, 9.17) is 0 Å². The van der Waals surface area contributed by atoms with Crippen LogP contribution < -0.4 is 16.0 Å². The van der Waals surface area contributed by atoms with Gasteiger partial charge in [0.1, 0.15) is 0 Å². The van der Waals surface area contributed by atoms with E-state index in [9.17, 15) is 9.59 Å². The molecule has 0 aromatic heterocycles. The number of halogens is 1. The molecule has 1 fully saturated rings. The Morgan fingerprint density at radius 3 is 2.44 bits per heavy atom. The third-order valence-electron chi connectivity index (χ3n) is 2.93. The largest absolute Gasteiger partial charge is 0.356 e. The second kappa shape index (κ2) is 10.1. The van der Waals surface area contributed by atoms with Gasteiger partial charge in [-0.15, -0.1) is 12.4 Å². The lowest BCUT2D eigenvalue weighted by Gasteiger charge is -2.21. The predicted octanol–water partition coefficient (Wildman–Crippen LogP) is 0.440. The Morgan fingerprint density at radius 1 is 1.17 bits per heavy atom. The van der Waals surface area contributed by atoms with Crippen LogP contribution in [0.1, 0.15) is 32.6 Å². The lowest BCUT2D eigenvalue weighted by Crippen LogP contribution is -2.39. The van der Waals surface area contributed by atoms with Crippen molar-refractivity contribution in [3.63, 3.8) is 0 Å². The molecule has 1 heterocycles. The van der Waals surface area contributed by atoms with Crippen molar-refractivity contribution in [2.45, 2.75) is 32.6 Å². The van der Waals surface area contributed by atoms with Gasteiger partial charge in [0.2, 0.25) is 11.8 Å². The third kappa shape index (κ3) is 6.81. The Kier molecular flexibility index (Phi) is 9.69. The first-order valence-electron chi connectivity index (χ1n) is 6.49. The highest BCUT2D eigenvalue weighted by molar-refractivity contribution is 5.85. The zero-order chi connectivity index (χ0) is 12.5. The summed E-state index contributed by atoms with van der Waals surface area (Å²) < 4.78 is 0. The van der Waals surface area contributed by atoms with E-state index >= 15 is 0 Å². The van der Waals surface area contributed by atoms with Crippen LogP contribution in [0, 0.1) is 5.92 Å². The Morgan fingerprint density at radius 2 is 1.83 bits per heavy atom. The van der Waals surface area contributed by atoms with Crippen LogP contribution in [0.25, 0.3) is 0 Å². The van der Waals surface area contributed by atoms with Crippen LogP contribution in [0.2, 0.25) is 0 Å². The van der Waals surface area contributed by atoms with Gasteiger partial charge in [0.25, 0.3) is 0 Å². The summed E-state index contributed by atoms with van der Waals surface area (Å²) in [5.74, 6) is 0.224. The molecule has 1 saturated heterocycles. The molecule has 0 aromatic rings. The summed E-state index contributed by atoms with van der Waals surface area (Å²) in [5.41, 5.74) is 0. The normalized spacial score (nSPS) is 15.6. The molecule has 0 aliphatic carbocycles. The first-order valence-corrected chi connectivity index (χ1v) is 6.49. The molecule has 3 N–H and O–H groups in total. The number of amides is 2. The zero-order valence-electron chi connectivity index (χ0n) is 11.0. The molecular formula is C12H24ClN3O2. The standard InChI is InChI=1S/C12H23N3O2.ClH/c1-2-6-14-11(16)5-9-15-12(17)10-3-7-13-8-4-10;/h10,13H,2-9H2,1H3,(H,14,16)(H,15,17);1H. The molecular weight excluding hydrogens is 254 g/mol. The first kappa shape index (κ1) is 17.2. The monoisotopic (exact) mass is 277 g/mol. The van der Waals surface area contributed by atoms with Gasteiger partial charge in [0.15, 0.2) is 0 Å². The molecule has 0 unspecified atom stereocenters. The summed E-state index contributed by atoms with van der Waals surface area (Å²) in [5, 5.41) is 8.84. The van der Waals surface area contributed by atoms with Crippen LogP contribution in [0.4, 0.5) is 0 Å². The smallest absolute Gasteiger partial charge is 0.223 e. The predicted molar refractivity (Wildman–Crippen MR) is 73.8 cm³/mol. The maximum Gasteiger partial charge on any atom is 0.223 e. The van der Waals surface area contributed by atoms with Gasteiger partial charge in [-0.1, -0.05) is 6.92 Å². The maximum atomic E-state index is 11.7. The van der Waals surface area contributed by atoms with Crippen molar-refractivity contribution >= 4 is 24.2 Å². The van der Waals surface area contributed by atoms with Gasteiger partial charge in [-0.05, 0) is 32.4 Å². The Hall–Kier alpha value is -0.810. The van der Waals surface area contributed by atoms with Crippen molar-refractivity contribution in [3.8, 4) is 0 Å². The fraction of sp³-hybridized carbons (Fsp3) is 0.833. The number of piperidine rings is 1. The number of hydrogen-bond donors (Lipinski definition) is 3. The van der Waals surface area contributed by atoms with Crippen molar-refractivity contribution in [1.82, 2.24) is 16.0 Å². The molecule has 0 saturated carbocycles. The van der Waals surface area contributed by atoms with Crippen molar-refractivity contribution in [1.29, 1.82) is 0 Å². The lowest BCUT2D eigenvalue weighted by atomic mass is 9.97. The molecule has 0 radical (unpaired) electrons. The van der Waals surface area contributed by atoms with E-state index in [1.54, 1.807) is 0 Å². The molecule has 106 valence electrons. The second-order valence-electron chi connectivity index (χ2n) is 4.42. The third-order valence-corrected chi connectivity index (χ3v) is 2.93. The second-order valence-corrected chi connectivity index (χ2v) is 4.42. The van der Waals surface area contributed by atoms with E-state index in [0.29, 0.717) is 19.5 Å². The summed E-state index contributed by atoms with van der Waals surface area (Å²) >= 11 is 0. The van der Waals surface area contributed by atoms with Gasteiger partial charge in [-0.25, -0.2) is 0 Å². The molecule has 0 atom stereocenters. The maximum absolute atomic E-state index is 11.7. The molecule has 1 aliphatic rings. The number of nitrogens with one attached hydrogen (secondary N) is 3. The van der Waals surface area contributed by atoms with Gasteiger partial charge in [0, 0.05) is 25.4 Å². The van der Waals surface area contributed by atoms with Gasteiger partial charge < -0.3 is 16.0 Å². The van der Waals surface area contributed by atoms with Crippen molar-refractivity contribution in [3.05, 3.63) is 0 Å². The van der Waals surface area contributed by atoms with E-state index in [2.05, 4.69) is 16.0 Å². The first-order chi connectivity index (χ1) is 8.24. The molecule has 0 spiro atoms. The van der Waals surface area contributed by atoms with Crippen molar-refractivity contribution < 1.29 is 9.59 Å². The Bertz CT molecular complexity index is 256. The lowest BCUT2D eigenvalue weighted by molar-refractivity contribution is -0.126. The summed E-state index contributed by atoms with van der Waals surface area (Å²) in [6.07, 6.45) is 3.10. The molecule has 18 heavy (non-hydrogen) atoms. The van der Waals surface area contributed by atoms with Gasteiger partial charge in [-0.2, -0.15) is 0 Å². The highest BCUT2D eigenvalue weighted by atomic mass is 35.5. The minimum absolute atomic E-state index is 0. The highest BCUT2D eigenvalue weighted by Crippen LogP contribution is 2.10. The fourth-order valence-corrected chi connectivity index (χ4v) is 1.88. The van der Waals surface area contributed by atoms with Crippen LogP contribution in [0.3, 0.4) is 0 Å². The zero-order valence-corrected chi connectivity index (χ0v) is 11.8. The van der Waals surface area contributed by atoms with Crippen LogP contribution >= 0.6 is 12.4 Å². The minimum atomic E-state index is 0. The van der Waals surface area contributed by atoms with E-state index < -0.39 is 0 Å². The summed E-state index contributed by atoms with van der Waals surface area (Å²) in [6.45, 7) is 4.99. The summed E-state index contributed by atoms with van der Waals surface area (Å²) in [6, 6.07) is 0. The van der Waals surface area contributed by atoms with Gasteiger partial charge in [0.05, 0.1) is 0 Å². The molecule has 5 nitrogen and oxygen atoms in total. The SMILES string of the molecule is CCCNC(=O)CCNC(=O)C1CCNCC1.Cl. The summed E-state index contributed by atoms with van der Waals surface area (Å²) in [7, 11) is 0. The minimum Gasteiger partial charge on any atom is -0.356 e. The molecule has 0 aromatic carbocycles. The average molecular weight is 278 g/mol. The Balaban J connectivity index is 0.00000289. The van der Waals surface area contributed by atoms with Crippen LogP contribution in [0.5, 0.6) is 0 Å². The van der Waals surface area contributed by atoms with Gasteiger partial charge >= 0.3 is 0 Å².